The zero-order valence-corrected chi connectivity index (χ0v) is 13.2. The summed E-state index contributed by atoms with van der Waals surface area (Å²) in [7, 11) is 0. The lowest BCUT2D eigenvalue weighted by atomic mass is 10.1. The van der Waals surface area contributed by atoms with E-state index in [1.54, 1.807) is 0 Å². The summed E-state index contributed by atoms with van der Waals surface area (Å²) in [6.07, 6.45) is 2.05. The number of carbonyl (C=O) groups is 2. The SMILES string of the molecule is Cc1ccc(CCC(=O)NCC(=O)NCCC(C)C)cc1. The van der Waals surface area contributed by atoms with Crippen molar-refractivity contribution in [3.63, 3.8) is 0 Å². The third-order valence-electron chi connectivity index (χ3n) is 3.25. The molecule has 0 aliphatic heterocycles. The molecule has 1 rings (SSSR count). The minimum atomic E-state index is -0.126. The predicted molar refractivity (Wildman–Crippen MR) is 85.0 cm³/mol. The number of carbonyl (C=O) groups excluding carboxylic acids is 2. The molecule has 4 heteroatoms. The molecule has 1 aromatic rings. The van der Waals surface area contributed by atoms with Gasteiger partial charge in [0.05, 0.1) is 6.54 Å². The van der Waals surface area contributed by atoms with Crippen LogP contribution in [0.5, 0.6) is 0 Å². The number of aryl methyl sites for hydroxylation is 2. The molecule has 4 nitrogen and oxygen atoms in total. The van der Waals surface area contributed by atoms with Crippen molar-refractivity contribution in [1.29, 1.82) is 0 Å². The average molecular weight is 290 g/mol. The minimum absolute atomic E-state index is 0.0603. The Hall–Kier alpha value is -1.84. The van der Waals surface area contributed by atoms with Gasteiger partial charge in [0, 0.05) is 13.0 Å². The number of amides is 2. The third-order valence-corrected chi connectivity index (χ3v) is 3.25. The van der Waals surface area contributed by atoms with Gasteiger partial charge in [-0.25, -0.2) is 0 Å². The highest BCUT2D eigenvalue weighted by Gasteiger charge is 2.06. The molecule has 2 N–H and O–H groups in total. The predicted octanol–water partition coefficient (Wildman–Crippen LogP) is 2.21. The maximum atomic E-state index is 11.7. The molecule has 0 saturated heterocycles. The van der Waals surface area contributed by atoms with Crippen molar-refractivity contribution in [2.45, 2.75) is 40.0 Å². The first-order chi connectivity index (χ1) is 9.97. The summed E-state index contributed by atoms with van der Waals surface area (Å²) in [4.78, 5) is 23.2. The molecule has 0 atom stereocenters. The van der Waals surface area contributed by atoms with E-state index in [0.717, 1.165) is 12.0 Å². The fourth-order valence-electron chi connectivity index (χ4n) is 1.84. The van der Waals surface area contributed by atoms with Gasteiger partial charge >= 0.3 is 0 Å². The summed E-state index contributed by atoms with van der Waals surface area (Å²) in [6.45, 7) is 6.98. The van der Waals surface area contributed by atoms with Gasteiger partial charge in [0.2, 0.25) is 11.8 Å². The summed E-state index contributed by atoms with van der Waals surface area (Å²) < 4.78 is 0. The molecule has 0 heterocycles. The van der Waals surface area contributed by atoms with Crippen molar-refractivity contribution in [2.24, 2.45) is 5.92 Å². The number of hydrogen-bond acceptors (Lipinski definition) is 2. The minimum Gasteiger partial charge on any atom is -0.355 e. The Balaban J connectivity index is 2.16. The second-order valence-corrected chi connectivity index (χ2v) is 5.79. The Morgan fingerprint density at radius 2 is 1.71 bits per heavy atom. The van der Waals surface area contributed by atoms with E-state index in [2.05, 4.69) is 24.5 Å². The fraction of sp³-hybridized carbons (Fsp3) is 0.529. The summed E-state index contributed by atoms with van der Waals surface area (Å²) in [5.41, 5.74) is 2.35. The maximum Gasteiger partial charge on any atom is 0.239 e. The number of nitrogens with one attached hydrogen (secondary N) is 2. The quantitative estimate of drug-likeness (QED) is 0.771. The van der Waals surface area contributed by atoms with Gasteiger partial charge in [0.1, 0.15) is 0 Å². The van der Waals surface area contributed by atoms with Crippen LogP contribution in [0.15, 0.2) is 24.3 Å². The van der Waals surface area contributed by atoms with Crippen LogP contribution in [-0.4, -0.2) is 24.9 Å². The molecule has 2 amide bonds. The zero-order valence-electron chi connectivity index (χ0n) is 13.2. The number of hydrogen-bond donors (Lipinski definition) is 2. The first kappa shape index (κ1) is 17.2. The summed E-state index contributed by atoms with van der Waals surface area (Å²) in [5.74, 6) is 0.350. The van der Waals surface area contributed by atoms with Gasteiger partial charge in [0.25, 0.3) is 0 Å². The molecule has 0 aliphatic rings. The van der Waals surface area contributed by atoms with E-state index in [1.165, 1.54) is 5.56 Å². The molecule has 116 valence electrons. The number of rotatable bonds is 8. The van der Waals surface area contributed by atoms with Crippen molar-refractivity contribution < 1.29 is 9.59 Å². The Morgan fingerprint density at radius 3 is 2.33 bits per heavy atom. The summed E-state index contributed by atoms with van der Waals surface area (Å²) in [5, 5.41) is 5.45. The number of benzene rings is 1. The maximum absolute atomic E-state index is 11.7. The largest absolute Gasteiger partial charge is 0.355 e. The van der Waals surface area contributed by atoms with Gasteiger partial charge in [-0.1, -0.05) is 43.7 Å². The Morgan fingerprint density at radius 1 is 1.05 bits per heavy atom. The molecule has 0 aliphatic carbocycles. The average Bonchev–Trinajstić information content (AvgIpc) is 2.44. The summed E-state index contributed by atoms with van der Waals surface area (Å²) in [6, 6.07) is 8.13. The molecule has 0 spiro atoms. The molecule has 0 bridgehead atoms. The topological polar surface area (TPSA) is 58.2 Å². The first-order valence-electron chi connectivity index (χ1n) is 7.56. The highest BCUT2D eigenvalue weighted by molar-refractivity contribution is 5.84. The summed E-state index contributed by atoms with van der Waals surface area (Å²) >= 11 is 0. The second kappa shape index (κ2) is 9.16. The van der Waals surface area contributed by atoms with Crippen LogP contribution >= 0.6 is 0 Å². The molecule has 0 saturated carbocycles. The van der Waals surface area contributed by atoms with Crippen LogP contribution in [0, 0.1) is 12.8 Å². The van der Waals surface area contributed by atoms with Crippen molar-refractivity contribution in [2.75, 3.05) is 13.1 Å². The molecule has 21 heavy (non-hydrogen) atoms. The van der Waals surface area contributed by atoms with Gasteiger partial charge in [-0.2, -0.15) is 0 Å². The van der Waals surface area contributed by atoms with Crippen LogP contribution in [0.1, 0.15) is 37.8 Å². The normalized spacial score (nSPS) is 10.5. The Kier molecular flexibility index (Phi) is 7.51. The van der Waals surface area contributed by atoms with Gasteiger partial charge in [-0.15, -0.1) is 0 Å². The lowest BCUT2D eigenvalue weighted by molar-refractivity contribution is -0.126. The monoisotopic (exact) mass is 290 g/mol. The van der Waals surface area contributed by atoms with Crippen molar-refractivity contribution in [3.8, 4) is 0 Å². The Bertz CT molecular complexity index is 452. The van der Waals surface area contributed by atoms with Crippen molar-refractivity contribution >= 4 is 11.8 Å². The van der Waals surface area contributed by atoms with Gasteiger partial charge in [-0.05, 0) is 31.2 Å². The Labute approximate surface area is 127 Å². The highest BCUT2D eigenvalue weighted by atomic mass is 16.2. The molecule has 0 aromatic heterocycles. The molecule has 0 fully saturated rings. The zero-order chi connectivity index (χ0) is 15.7. The van der Waals surface area contributed by atoms with Gasteiger partial charge < -0.3 is 10.6 Å². The van der Waals surface area contributed by atoms with Crippen LogP contribution < -0.4 is 10.6 Å². The van der Waals surface area contributed by atoms with E-state index in [4.69, 9.17) is 0 Å². The molecule has 1 aromatic carbocycles. The lowest BCUT2D eigenvalue weighted by Crippen LogP contribution is -2.37. The van der Waals surface area contributed by atoms with Crippen LogP contribution in [0.25, 0.3) is 0 Å². The van der Waals surface area contributed by atoms with Gasteiger partial charge in [-0.3, -0.25) is 9.59 Å². The van der Waals surface area contributed by atoms with E-state index >= 15 is 0 Å². The van der Waals surface area contributed by atoms with E-state index in [9.17, 15) is 9.59 Å². The van der Waals surface area contributed by atoms with E-state index in [-0.39, 0.29) is 18.4 Å². The second-order valence-electron chi connectivity index (χ2n) is 5.79. The highest BCUT2D eigenvalue weighted by Crippen LogP contribution is 2.05. The molecule has 0 unspecified atom stereocenters. The van der Waals surface area contributed by atoms with E-state index in [0.29, 0.717) is 25.3 Å². The molecular formula is C17H26N2O2. The van der Waals surface area contributed by atoms with Crippen LogP contribution in [0.4, 0.5) is 0 Å². The van der Waals surface area contributed by atoms with E-state index < -0.39 is 0 Å². The lowest BCUT2D eigenvalue weighted by Gasteiger charge is -2.08. The molecular weight excluding hydrogens is 264 g/mol. The van der Waals surface area contributed by atoms with Crippen LogP contribution in [-0.2, 0) is 16.0 Å². The van der Waals surface area contributed by atoms with Gasteiger partial charge in [0.15, 0.2) is 0 Å². The van der Waals surface area contributed by atoms with Crippen LogP contribution in [0.3, 0.4) is 0 Å². The fourth-order valence-corrected chi connectivity index (χ4v) is 1.84. The smallest absolute Gasteiger partial charge is 0.239 e. The van der Waals surface area contributed by atoms with E-state index in [1.807, 2.05) is 31.2 Å². The van der Waals surface area contributed by atoms with Crippen LogP contribution in [0.2, 0.25) is 0 Å². The van der Waals surface area contributed by atoms with Crippen molar-refractivity contribution in [3.05, 3.63) is 35.4 Å². The standard InChI is InChI=1S/C17H26N2O2/c1-13(2)10-11-18-17(21)12-19-16(20)9-8-15-6-4-14(3)5-7-15/h4-7,13H,8-12H2,1-3H3,(H,18,21)(H,19,20). The van der Waals surface area contributed by atoms with Crippen molar-refractivity contribution in [1.82, 2.24) is 10.6 Å². The molecule has 0 radical (unpaired) electrons. The third kappa shape index (κ3) is 8.12. The first-order valence-corrected chi connectivity index (χ1v) is 7.56.